The predicted octanol–water partition coefficient (Wildman–Crippen LogP) is 0.422. The van der Waals surface area contributed by atoms with Crippen molar-refractivity contribution in [3.8, 4) is 0 Å². The van der Waals surface area contributed by atoms with Crippen molar-refractivity contribution in [2.45, 2.75) is 6.92 Å². The second-order valence-electron chi connectivity index (χ2n) is 3.10. The Kier molecular flexibility index (Phi) is 4.79. The summed E-state index contributed by atoms with van der Waals surface area (Å²) < 4.78 is 9.26. The number of esters is 2. The number of hydrogen-bond acceptors (Lipinski definition) is 7. The molecule has 96 valence electrons. The van der Waals surface area contributed by atoms with Crippen LogP contribution in [0.5, 0.6) is 0 Å². The summed E-state index contributed by atoms with van der Waals surface area (Å²) >= 11 is 0. The van der Waals surface area contributed by atoms with E-state index in [1.165, 1.54) is 13.2 Å². The Balaban J connectivity index is 3.07. The molecule has 18 heavy (non-hydrogen) atoms. The van der Waals surface area contributed by atoms with Gasteiger partial charge in [-0.05, 0) is 13.0 Å². The Morgan fingerprint density at radius 1 is 1.44 bits per heavy atom. The van der Waals surface area contributed by atoms with Crippen molar-refractivity contribution in [2.24, 2.45) is 0 Å². The fourth-order valence-corrected chi connectivity index (χ4v) is 1.17. The van der Waals surface area contributed by atoms with E-state index in [-0.39, 0.29) is 23.7 Å². The van der Waals surface area contributed by atoms with Crippen molar-refractivity contribution in [2.75, 3.05) is 19.5 Å². The molecule has 7 nitrogen and oxygen atoms in total. The summed E-state index contributed by atoms with van der Waals surface area (Å²) in [6, 6.07) is 0. The molecule has 0 saturated carbocycles. The van der Waals surface area contributed by atoms with Gasteiger partial charge in [-0.1, -0.05) is 0 Å². The lowest BCUT2D eigenvalue weighted by Gasteiger charge is -2.04. The fraction of sp³-hybridized carbons (Fsp3) is 0.273. The zero-order valence-electron chi connectivity index (χ0n) is 10.0. The Morgan fingerprint density at radius 2 is 2.17 bits per heavy atom. The van der Waals surface area contributed by atoms with E-state index in [9.17, 15) is 9.59 Å². The van der Waals surface area contributed by atoms with Crippen molar-refractivity contribution in [1.29, 1.82) is 0 Å². The number of aromatic nitrogens is 2. The summed E-state index contributed by atoms with van der Waals surface area (Å²) in [5.41, 5.74) is 5.82. The lowest BCUT2D eigenvalue weighted by molar-refractivity contribution is -0.137. The molecule has 1 heterocycles. The van der Waals surface area contributed by atoms with Crippen molar-refractivity contribution in [1.82, 2.24) is 9.97 Å². The van der Waals surface area contributed by atoms with Crippen molar-refractivity contribution in [3.05, 3.63) is 23.7 Å². The van der Waals surface area contributed by atoms with Crippen molar-refractivity contribution < 1.29 is 19.1 Å². The number of hydrogen-bond donors (Lipinski definition) is 1. The quantitative estimate of drug-likeness (QED) is 0.610. The summed E-state index contributed by atoms with van der Waals surface area (Å²) in [5, 5.41) is 0. The van der Waals surface area contributed by atoms with Crippen LogP contribution in [-0.2, 0) is 14.3 Å². The lowest BCUT2D eigenvalue weighted by Crippen LogP contribution is -2.10. The molecule has 0 aromatic carbocycles. The van der Waals surface area contributed by atoms with Crippen LogP contribution >= 0.6 is 0 Å². The summed E-state index contributed by atoms with van der Waals surface area (Å²) in [6.45, 7) is 1.94. The van der Waals surface area contributed by atoms with Gasteiger partial charge in [0, 0.05) is 6.08 Å². The zero-order chi connectivity index (χ0) is 13.5. The van der Waals surface area contributed by atoms with Crippen molar-refractivity contribution >= 4 is 23.8 Å². The molecule has 0 atom stereocenters. The normalized spacial score (nSPS) is 10.3. The van der Waals surface area contributed by atoms with Crippen LogP contribution in [0.25, 0.3) is 6.08 Å². The molecule has 1 rings (SSSR count). The maximum atomic E-state index is 11.4. The minimum atomic E-state index is -0.660. The van der Waals surface area contributed by atoms with E-state index in [2.05, 4.69) is 14.7 Å². The van der Waals surface area contributed by atoms with Crippen LogP contribution in [0, 0.1) is 0 Å². The monoisotopic (exact) mass is 251 g/mol. The highest BCUT2D eigenvalue weighted by Crippen LogP contribution is 2.15. The zero-order valence-corrected chi connectivity index (χ0v) is 10.0. The highest BCUT2D eigenvalue weighted by molar-refractivity contribution is 5.96. The molecule has 0 fully saturated rings. The molecule has 0 aliphatic carbocycles. The molecule has 0 bridgehead atoms. The number of carbonyl (C=O) groups is 2. The second-order valence-corrected chi connectivity index (χ2v) is 3.10. The first-order valence-corrected chi connectivity index (χ1v) is 5.13. The van der Waals surface area contributed by atoms with E-state index in [4.69, 9.17) is 10.5 Å². The fourth-order valence-electron chi connectivity index (χ4n) is 1.17. The Hall–Kier alpha value is -2.44. The predicted molar refractivity (Wildman–Crippen MR) is 63.5 cm³/mol. The van der Waals surface area contributed by atoms with Crippen LogP contribution in [0.4, 0.5) is 5.82 Å². The molecule has 0 saturated heterocycles. The topological polar surface area (TPSA) is 104 Å². The van der Waals surface area contributed by atoms with Crippen LogP contribution in [0.15, 0.2) is 12.4 Å². The van der Waals surface area contributed by atoms with Gasteiger partial charge in [-0.2, -0.15) is 0 Å². The molecule has 0 aliphatic rings. The van der Waals surface area contributed by atoms with E-state index >= 15 is 0 Å². The first kappa shape index (κ1) is 13.6. The smallest absolute Gasteiger partial charge is 0.357 e. The number of anilines is 1. The Bertz CT molecular complexity index is 485. The highest BCUT2D eigenvalue weighted by atomic mass is 16.5. The van der Waals surface area contributed by atoms with Gasteiger partial charge in [-0.15, -0.1) is 0 Å². The number of nitrogens with zero attached hydrogens (tertiary/aromatic N) is 2. The molecule has 7 heteroatoms. The number of rotatable bonds is 4. The van der Waals surface area contributed by atoms with Crippen LogP contribution in [0.3, 0.4) is 0 Å². The van der Waals surface area contributed by atoms with E-state index in [1.807, 2.05) is 0 Å². The number of nitrogen functional groups attached to an aromatic ring is 1. The molecule has 1 aromatic heterocycles. The van der Waals surface area contributed by atoms with Gasteiger partial charge in [-0.25, -0.2) is 19.6 Å². The van der Waals surface area contributed by atoms with E-state index in [0.29, 0.717) is 0 Å². The van der Waals surface area contributed by atoms with E-state index in [1.54, 1.807) is 6.92 Å². The number of carbonyl (C=O) groups excluding carboxylic acids is 2. The third-order valence-electron chi connectivity index (χ3n) is 1.97. The van der Waals surface area contributed by atoms with Gasteiger partial charge in [0.1, 0.15) is 12.1 Å². The summed E-state index contributed by atoms with van der Waals surface area (Å²) in [7, 11) is 1.22. The van der Waals surface area contributed by atoms with E-state index < -0.39 is 11.9 Å². The number of ether oxygens (including phenoxy) is 2. The molecule has 0 amide bonds. The maximum absolute atomic E-state index is 11.4. The third kappa shape index (κ3) is 3.27. The van der Waals surface area contributed by atoms with Crippen LogP contribution in [0.2, 0.25) is 0 Å². The van der Waals surface area contributed by atoms with Gasteiger partial charge in [0.05, 0.1) is 19.3 Å². The van der Waals surface area contributed by atoms with E-state index in [0.717, 1.165) is 12.4 Å². The first-order valence-electron chi connectivity index (χ1n) is 5.13. The van der Waals surface area contributed by atoms with Gasteiger partial charge in [0.15, 0.2) is 5.69 Å². The minimum Gasteiger partial charge on any atom is -0.464 e. The Morgan fingerprint density at radius 3 is 2.78 bits per heavy atom. The van der Waals surface area contributed by atoms with Crippen LogP contribution in [0.1, 0.15) is 23.0 Å². The van der Waals surface area contributed by atoms with Gasteiger partial charge in [0.25, 0.3) is 0 Å². The molecule has 0 radical (unpaired) electrons. The first-order chi connectivity index (χ1) is 8.60. The number of nitrogens with two attached hydrogens (primary N) is 1. The lowest BCUT2D eigenvalue weighted by atomic mass is 10.2. The average molecular weight is 251 g/mol. The van der Waals surface area contributed by atoms with Crippen molar-refractivity contribution in [3.63, 3.8) is 0 Å². The molecular weight excluding hydrogens is 238 g/mol. The second kappa shape index (κ2) is 6.33. The Labute approximate surface area is 104 Å². The van der Waals surface area contributed by atoms with Gasteiger partial charge < -0.3 is 15.2 Å². The molecular formula is C11H13N3O4. The largest absolute Gasteiger partial charge is 0.464 e. The molecule has 1 aromatic rings. The number of methoxy groups -OCH3 is 1. The van der Waals surface area contributed by atoms with Gasteiger partial charge in [-0.3, -0.25) is 0 Å². The molecule has 0 aliphatic heterocycles. The molecule has 0 unspecified atom stereocenters. The maximum Gasteiger partial charge on any atom is 0.357 e. The summed E-state index contributed by atoms with van der Waals surface area (Å²) in [6.07, 6.45) is 3.61. The SMILES string of the molecule is CCOC(=O)/C=C/c1c(N)ncnc1C(=O)OC. The third-order valence-corrected chi connectivity index (χ3v) is 1.97. The van der Waals surface area contributed by atoms with Crippen LogP contribution < -0.4 is 5.73 Å². The standard InChI is InChI=1S/C11H13N3O4/c1-3-18-8(15)5-4-7-9(11(16)17-2)13-6-14-10(7)12/h4-6H,3H2,1-2H3,(H2,12,13,14)/b5-4+. The highest BCUT2D eigenvalue weighted by Gasteiger charge is 2.15. The summed E-state index contributed by atoms with van der Waals surface area (Å²) in [5.74, 6) is -1.13. The molecule has 0 spiro atoms. The van der Waals surface area contributed by atoms with Gasteiger partial charge in [0.2, 0.25) is 0 Å². The summed E-state index contributed by atoms with van der Waals surface area (Å²) in [4.78, 5) is 30.1. The average Bonchev–Trinajstić information content (AvgIpc) is 2.36. The molecule has 2 N–H and O–H groups in total. The van der Waals surface area contributed by atoms with Crippen LogP contribution in [-0.4, -0.2) is 35.6 Å². The van der Waals surface area contributed by atoms with Gasteiger partial charge >= 0.3 is 11.9 Å². The minimum absolute atomic E-state index is 0.00875.